The van der Waals surface area contributed by atoms with Crippen LogP contribution in [0.1, 0.15) is 0 Å². The summed E-state index contributed by atoms with van der Waals surface area (Å²) >= 11 is 5.80. The van der Waals surface area contributed by atoms with Crippen LogP contribution in [0.2, 0.25) is 5.02 Å². The fourth-order valence-corrected chi connectivity index (χ4v) is 2.21. The number of azo groups is 1. The van der Waals surface area contributed by atoms with Gasteiger partial charge in [0.25, 0.3) is 0 Å². The highest BCUT2D eigenvalue weighted by atomic mass is 35.5. The van der Waals surface area contributed by atoms with Crippen molar-refractivity contribution in [2.24, 2.45) is 10.2 Å². The van der Waals surface area contributed by atoms with Gasteiger partial charge in [0.05, 0.1) is 11.4 Å². The van der Waals surface area contributed by atoms with Crippen LogP contribution in [0.15, 0.2) is 64.8 Å². The number of halogens is 1. The molecular weight excluding hydrogens is 316 g/mol. The fraction of sp³-hybridized carbons (Fsp3) is 0. The first kappa shape index (κ1) is 14.9. The standard InChI is InChI=1S/C16H13ClN4O2/c17-10-6-8-11(9-7-10)19-20-14-13(18)15(22)21(16(14)23)12-4-2-1-3-5-12/h1-9,22-23H,18H2. The molecule has 0 fully saturated rings. The van der Waals surface area contributed by atoms with Crippen LogP contribution in [0.4, 0.5) is 17.1 Å². The largest absolute Gasteiger partial charge is 0.493 e. The smallest absolute Gasteiger partial charge is 0.229 e. The van der Waals surface area contributed by atoms with Crippen LogP contribution in [-0.2, 0) is 0 Å². The molecule has 6 nitrogen and oxygen atoms in total. The molecular formula is C16H13ClN4O2. The van der Waals surface area contributed by atoms with Gasteiger partial charge in [-0.25, -0.2) is 4.57 Å². The molecule has 7 heteroatoms. The molecule has 116 valence electrons. The summed E-state index contributed by atoms with van der Waals surface area (Å²) in [4.78, 5) is 0. The normalized spacial score (nSPS) is 11.2. The number of rotatable bonds is 3. The number of anilines is 1. The molecule has 1 heterocycles. The zero-order valence-electron chi connectivity index (χ0n) is 11.9. The van der Waals surface area contributed by atoms with Crippen LogP contribution in [0.3, 0.4) is 0 Å². The van der Waals surface area contributed by atoms with Crippen LogP contribution in [0, 0.1) is 0 Å². The van der Waals surface area contributed by atoms with Crippen molar-refractivity contribution in [1.29, 1.82) is 0 Å². The Labute approximate surface area is 137 Å². The van der Waals surface area contributed by atoms with Crippen molar-refractivity contribution in [2.75, 3.05) is 5.73 Å². The number of para-hydroxylation sites is 1. The van der Waals surface area contributed by atoms with Gasteiger partial charge in [0.1, 0.15) is 5.69 Å². The van der Waals surface area contributed by atoms with E-state index in [0.717, 1.165) is 0 Å². The number of hydrogen-bond acceptors (Lipinski definition) is 5. The number of aromatic nitrogens is 1. The predicted molar refractivity (Wildman–Crippen MR) is 89.1 cm³/mol. The minimum atomic E-state index is -0.293. The van der Waals surface area contributed by atoms with E-state index in [4.69, 9.17) is 17.3 Å². The zero-order valence-corrected chi connectivity index (χ0v) is 12.6. The SMILES string of the molecule is Nc1c(N=Nc2ccc(Cl)cc2)c(O)n(-c2ccccc2)c1O. The molecule has 3 aromatic rings. The van der Waals surface area contributed by atoms with Gasteiger partial charge in [-0.15, -0.1) is 5.11 Å². The van der Waals surface area contributed by atoms with Crippen molar-refractivity contribution < 1.29 is 10.2 Å². The maximum atomic E-state index is 10.3. The number of nitrogens with zero attached hydrogens (tertiary/aromatic N) is 3. The van der Waals surface area contributed by atoms with Gasteiger partial charge in [-0.1, -0.05) is 29.8 Å². The van der Waals surface area contributed by atoms with E-state index < -0.39 is 0 Å². The Morgan fingerprint density at radius 2 is 1.52 bits per heavy atom. The predicted octanol–water partition coefficient (Wildman–Crippen LogP) is 4.54. The molecule has 23 heavy (non-hydrogen) atoms. The molecule has 0 spiro atoms. The van der Waals surface area contributed by atoms with E-state index in [1.54, 1.807) is 48.5 Å². The second kappa shape index (κ2) is 6.02. The van der Waals surface area contributed by atoms with Crippen molar-refractivity contribution in [3.8, 4) is 17.4 Å². The van der Waals surface area contributed by atoms with Gasteiger partial charge in [-0.2, -0.15) is 5.11 Å². The lowest BCUT2D eigenvalue weighted by Crippen LogP contribution is -1.92. The Kier molecular flexibility index (Phi) is 3.91. The molecule has 0 saturated heterocycles. The highest BCUT2D eigenvalue weighted by molar-refractivity contribution is 6.30. The molecule has 0 atom stereocenters. The van der Waals surface area contributed by atoms with E-state index in [9.17, 15) is 10.2 Å². The summed E-state index contributed by atoms with van der Waals surface area (Å²) in [6, 6.07) is 15.5. The molecule has 0 aliphatic rings. The third kappa shape index (κ3) is 2.84. The van der Waals surface area contributed by atoms with Crippen LogP contribution >= 0.6 is 11.6 Å². The van der Waals surface area contributed by atoms with Gasteiger partial charge >= 0.3 is 0 Å². The Morgan fingerprint density at radius 3 is 2.17 bits per heavy atom. The van der Waals surface area contributed by atoms with E-state index in [2.05, 4.69) is 10.2 Å². The van der Waals surface area contributed by atoms with Gasteiger partial charge in [-0.05, 0) is 36.4 Å². The molecule has 0 aliphatic carbocycles. The topological polar surface area (TPSA) is 96.1 Å². The Morgan fingerprint density at radius 1 is 0.870 bits per heavy atom. The first-order chi connectivity index (χ1) is 11.1. The lowest BCUT2D eigenvalue weighted by atomic mass is 10.3. The lowest BCUT2D eigenvalue weighted by molar-refractivity contribution is 0.404. The van der Waals surface area contributed by atoms with Gasteiger partial charge in [0, 0.05) is 5.02 Å². The summed E-state index contributed by atoms with van der Waals surface area (Å²) < 4.78 is 1.20. The van der Waals surface area contributed by atoms with Crippen LogP contribution < -0.4 is 5.73 Å². The highest BCUT2D eigenvalue weighted by Gasteiger charge is 2.21. The Bertz CT molecular complexity index is 858. The fourth-order valence-electron chi connectivity index (χ4n) is 2.09. The molecule has 0 amide bonds. The van der Waals surface area contributed by atoms with Crippen molar-refractivity contribution >= 4 is 28.7 Å². The molecule has 3 rings (SSSR count). The molecule has 0 bridgehead atoms. The maximum absolute atomic E-state index is 10.3. The summed E-state index contributed by atoms with van der Waals surface area (Å²) in [6.07, 6.45) is 0. The quantitative estimate of drug-likeness (QED) is 0.616. The van der Waals surface area contributed by atoms with Crippen LogP contribution in [-0.4, -0.2) is 14.8 Å². The molecule has 0 unspecified atom stereocenters. The number of hydrogen-bond donors (Lipinski definition) is 3. The number of benzene rings is 2. The van der Waals surface area contributed by atoms with Gasteiger partial charge in [0.15, 0.2) is 5.69 Å². The third-order valence-electron chi connectivity index (χ3n) is 3.24. The number of aromatic hydroxyl groups is 2. The summed E-state index contributed by atoms with van der Waals surface area (Å²) in [5.74, 6) is -0.581. The first-order valence-electron chi connectivity index (χ1n) is 6.72. The monoisotopic (exact) mass is 328 g/mol. The van der Waals surface area contributed by atoms with Gasteiger partial charge in [0.2, 0.25) is 11.8 Å². The second-order valence-corrected chi connectivity index (χ2v) is 5.19. The zero-order chi connectivity index (χ0) is 16.4. The molecule has 1 aromatic heterocycles. The van der Waals surface area contributed by atoms with Crippen molar-refractivity contribution in [1.82, 2.24) is 4.57 Å². The van der Waals surface area contributed by atoms with Crippen LogP contribution in [0.5, 0.6) is 11.8 Å². The third-order valence-corrected chi connectivity index (χ3v) is 3.49. The second-order valence-electron chi connectivity index (χ2n) is 4.76. The Hall–Kier alpha value is -2.99. The van der Waals surface area contributed by atoms with Gasteiger partial charge in [-0.3, -0.25) is 0 Å². The van der Waals surface area contributed by atoms with Gasteiger partial charge < -0.3 is 15.9 Å². The number of nitrogen functional groups attached to an aromatic ring is 1. The van der Waals surface area contributed by atoms with Crippen LogP contribution in [0.25, 0.3) is 5.69 Å². The first-order valence-corrected chi connectivity index (χ1v) is 7.10. The molecule has 0 radical (unpaired) electrons. The average Bonchev–Trinajstić information content (AvgIpc) is 2.78. The molecule has 2 aromatic carbocycles. The summed E-state index contributed by atoms with van der Waals surface area (Å²) in [5, 5.41) is 29.0. The summed E-state index contributed by atoms with van der Waals surface area (Å²) in [7, 11) is 0. The van der Waals surface area contributed by atoms with E-state index in [1.165, 1.54) is 4.57 Å². The maximum Gasteiger partial charge on any atom is 0.229 e. The molecule has 0 aliphatic heterocycles. The lowest BCUT2D eigenvalue weighted by Gasteiger charge is -2.05. The van der Waals surface area contributed by atoms with Crippen molar-refractivity contribution in [3.63, 3.8) is 0 Å². The summed E-state index contributed by atoms with van der Waals surface area (Å²) in [6.45, 7) is 0. The number of nitrogens with two attached hydrogens (primary N) is 1. The van der Waals surface area contributed by atoms with E-state index in [1.807, 2.05) is 6.07 Å². The van der Waals surface area contributed by atoms with Crippen molar-refractivity contribution in [2.45, 2.75) is 0 Å². The van der Waals surface area contributed by atoms with E-state index in [0.29, 0.717) is 16.4 Å². The van der Waals surface area contributed by atoms with E-state index >= 15 is 0 Å². The average molecular weight is 329 g/mol. The Balaban J connectivity index is 2.02. The minimum Gasteiger partial charge on any atom is -0.493 e. The summed E-state index contributed by atoms with van der Waals surface area (Å²) in [5.41, 5.74) is 6.87. The minimum absolute atomic E-state index is 0.00121. The van der Waals surface area contributed by atoms with Crippen molar-refractivity contribution in [3.05, 3.63) is 59.6 Å². The highest BCUT2D eigenvalue weighted by Crippen LogP contribution is 2.45. The molecule has 4 N–H and O–H groups in total. The molecule has 0 saturated carbocycles. The van der Waals surface area contributed by atoms with E-state index in [-0.39, 0.29) is 23.1 Å².